The van der Waals surface area contributed by atoms with Gasteiger partial charge in [-0.1, -0.05) is 74.5 Å². The Morgan fingerprint density at radius 1 is 0.765 bits per heavy atom. The van der Waals surface area contributed by atoms with Crippen molar-refractivity contribution in [3.05, 3.63) is 102 Å². The highest BCUT2D eigenvalue weighted by Crippen LogP contribution is 2.25. The molecule has 6 nitrogen and oxygen atoms in total. The van der Waals surface area contributed by atoms with E-state index in [1.165, 1.54) is 0 Å². The van der Waals surface area contributed by atoms with Crippen LogP contribution in [0, 0.1) is 5.92 Å². The number of esters is 1. The maximum absolute atomic E-state index is 13.5. The van der Waals surface area contributed by atoms with Crippen molar-refractivity contribution in [1.82, 2.24) is 5.32 Å². The Kier molecular flexibility index (Phi) is 8.57. The van der Waals surface area contributed by atoms with E-state index in [1.54, 1.807) is 31.2 Å². The summed E-state index contributed by atoms with van der Waals surface area (Å²) in [5, 5.41) is 5.79. The lowest BCUT2D eigenvalue weighted by Gasteiger charge is -2.25. The van der Waals surface area contributed by atoms with E-state index in [9.17, 15) is 14.4 Å². The van der Waals surface area contributed by atoms with Crippen LogP contribution in [0.15, 0.2) is 84.9 Å². The SMILES string of the molecule is CCOC(=O)c1ccc(NC(=O)C(NC(=O)C(c2ccccc2)c2ccccc2)C(C)C)cc1. The van der Waals surface area contributed by atoms with Gasteiger partial charge >= 0.3 is 5.97 Å². The van der Waals surface area contributed by atoms with Crippen LogP contribution < -0.4 is 10.6 Å². The van der Waals surface area contributed by atoms with Crippen LogP contribution in [-0.4, -0.2) is 30.4 Å². The molecule has 2 N–H and O–H groups in total. The summed E-state index contributed by atoms with van der Waals surface area (Å²) in [6.45, 7) is 5.80. The fourth-order valence-corrected chi connectivity index (χ4v) is 3.68. The van der Waals surface area contributed by atoms with E-state index in [0.717, 1.165) is 11.1 Å². The third kappa shape index (κ3) is 6.32. The fraction of sp³-hybridized carbons (Fsp3) is 0.250. The second-order valence-electron chi connectivity index (χ2n) is 8.27. The molecule has 0 aliphatic carbocycles. The Bertz CT molecular complexity index is 1060. The number of hydrogen-bond donors (Lipinski definition) is 2. The van der Waals surface area contributed by atoms with Gasteiger partial charge in [-0.2, -0.15) is 0 Å². The van der Waals surface area contributed by atoms with Gasteiger partial charge in [0.05, 0.1) is 18.1 Å². The molecule has 1 unspecified atom stereocenters. The van der Waals surface area contributed by atoms with E-state index < -0.39 is 17.9 Å². The minimum Gasteiger partial charge on any atom is -0.462 e. The highest BCUT2D eigenvalue weighted by atomic mass is 16.5. The van der Waals surface area contributed by atoms with Gasteiger partial charge in [0, 0.05) is 5.69 Å². The Hall–Kier alpha value is -3.93. The van der Waals surface area contributed by atoms with Crippen molar-refractivity contribution in [1.29, 1.82) is 0 Å². The van der Waals surface area contributed by atoms with Crippen LogP contribution in [0.5, 0.6) is 0 Å². The summed E-state index contributed by atoms with van der Waals surface area (Å²) in [5.41, 5.74) is 2.63. The van der Waals surface area contributed by atoms with Crippen molar-refractivity contribution in [2.75, 3.05) is 11.9 Å². The topological polar surface area (TPSA) is 84.5 Å². The van der Waals surface area contributed by atoms with Crippen molar-refractivity contribution in [2.45, 2.75) is 32.7 Å². The summed E-state index contributed by atoms with van der Waals surface area (Å²) >= 11 is 0. The quantitative estimate of drug-likeness (QED) is 0.452. The van der Waals surface area contributed by atoms with Gasteiger partial charge in [0.25, 0.3) is 0 Å². The number of benzene rings is 3. The van der Waals surface area contributed by atoms with Gasteiger partial charge in [-0.25, -0.2) is 4.79 Å². The summed E-state index contributed by atoms with van der Waals surface area (Å²) in [4.78, 5) is 38.4. The molecule has 0 heterocycles. The molecule has 34 heavy (non-hydrogen) atoms. The fourth-order valence-electron chi connectivity index (χ4n) is 3.68. The molecule has 1 atom stereocenters. The lowest BCUT2D eigenvalue weighted by molar-refractivity contribution is -0.127. The molecule has 176 valence electrons. The first kappa shape index (κ1) is 24.7. The van der Waals surface area contributed by atoms with Crippen LogP contribution in [-0.2, 0) is 14.3 Å². The number of carbonyl (C=O) groups excluding carboxylic acids is 3. The van der Waals surface area contributed by atoms with Gasteiger partial charge in [-0.05, 0) is 48.2 Å². The Morgan fingerprint density at radius 2 is 1.29 bits per heavy atom. The Balaban J connectivity index is 1.77. The number of anilines is 1. The van der Waals surface area contributed by atoms with E-state index in [0.29, 0.717) is 17.9 Å². The highest BCUT2D eigenvalue weighted by Gasteiger charge is 2.29. The summed E-state index contributed by atoms with van der Waals surface area (Å²) in [6.07, 6.45) is 0. The van der Waals surface area contributed by atoms with E-state index in [4.69, 9.17) is 4.74 Å². The minimum atomic E-state index is -0.743. The monoisotopic (exact) mass is 458 g/mol. The van der Waals surface area contributed by atoms with Crippen molar-refractivity contribution < 1.29 is 19.1 Å². The molecule has 3 aromatic rings. The summed E-state index contributed by atoms with van der Waals surface area (Å²) < 4.78 is 4.98. The maximum Gasteiger partial charge on any atom is 0.338 e. The number of ether oxygens (including phenoxy) is 1. The smallest absolute Gasteiger partial charge is 0.338 e. The first-order valence-electron chi connectivity index (χ1n) is 11.4. The van der Waals surface area contributed by atoms with Crippen LogP contribution in [0.25, 0.3) is 0 Å². The molecule has 3 rings (SSSR count). The van der Waals surface area contributed by atoms with Gasteiger partial charge in [0.15, 0.2) is 0 Å². The molecular formula is C28H30N2O4. The van der Waals surface area contributed by atoms with Crippen molar-refractivity contribution >= 4 is 23.5 Å². The summed E-state index contributed by atoms with van der Waals surface area (Å²) in [6, 6.07) is 24.7. The van der Waals surface area contributed by atoms with Gasteiger partial charge < -0.3 is 15.4 Å². The van der Waals surface area contributed by atoms with Gasteiger partial charge in [0.1, 0.15) is 6.04 Å². The zero-order valence-electron chi connectivity index (χ0n) is 19.7. The minimum absolute atomic E-state index is 0.144. The van der Waals surface area contributed by atoms with Crippen molar-refractivity contribution in [2.24, 2.45) is 5.92 Å². The second-order valence-corrected chi connectivity index (χ2v) is 8.27. The van der Waals surface area contributed by atoms with E-state index in [-0.39, 0.29) is 17.7 Å². The van der Waals surface area contributed by atoms with E-state index in [1.807, 2.05) is 74.5 Å². The average molecular weight is 459 g/mol. The first-order valence-corrected chi connectivity index (χ1v) is 11.4. The normalized spacial score (nSPS) is 11.7. The largest absolute Gasteiger partial charge is 0.462 e. The standard InChI is InChI=1S/C28H30N2O4/c1-4-34-28(33)22-15-17-23(18-16-22)29-27(32)25(19(2)3)30-26(31)24(20-11-7-5-8-12-20)21-13-9-6-10-14-21/h5-19,24-25H,4H2,1-3H3,(H,29,32)(H,30,31). The third-order valence-electron chi connectivity index (χ3n) is 5.44. The van der Waals surface area contributed by atoms with E-state index in [2.05, 4.69) is 10.6 Å². The summed E-state index contributed by atoms with van der Waals surface area (Å²) in [5.74, 6) is -1.67. The molecule has 6 heteroatoms. The lowest BCUT2D eigenvalue weighted by atomic mass is 9.89. The number of amides is 2. The van der Waals surface area contributed by atoms with Gasteiger partial charge in [-0.3, -0.25) is 9.59 Å². The highest BCUT2D eigenvalue weighted by molar-refractivity contribution is 5.99. The van der Waals surface area contributed by atoms with Gasteiger partial charge in [-0.15, -0.1) is 0 Å². The van der Waals surface area contributed by atoms with Crippen LogP contribution in [0.4, 0.5) is 5.69 Å². The zero-order chi connectivity index (χ0) is 24.5. The zero-order valence-corrected chi connectivity index (χ0v) is 19.7. The van der Waals surface area contributed by atoms with Crippen molar-refractivity contribution in [3.8, 4) is 0 Å². The molecule has 0 bridgehead atoms. The predicted molar refractivity (Wildman–Crippen MR) is 133 cm³/mol. The van der Waals surface area contributed by atoms with Gasteiger partial charge in [0.2, 0.25) is 11.8 Å². The van der Waals surface area contributed by atoms with Crippen LogP contribution >= 0.6 is 0 Å². The summed E-state index contributed by atoms with van der Waals surface area (Å²) in [7, 11) is 0. The second kappa shape index (κ2) is 11.8. The Labute approximate surface area is 200 Å². The molecule has 0 spiro atoms. The van der Waals surface area contributed by atoms with E-state index >= 15 is 0 Å². The first-order chi connectivity index (χ1) is 16.4. The number of hydrogen-bond acceptors (Lipinski definition) is 4. The molecule has 0 aliphatic heterocycles. The molecule has 0 fully saturated rings. The molecular weight excluding hydrogens is 428 g/mol. The number of carbonyl (C=O) groups is 3. The van der Waals surface area contributed by atoms with Crippen LogP contribution in [0.2, 0.25) is 0 Å². The number of nitrogens with one attached hydrogen (secondary N) is 2. The molecule has 2 amide bonds. The molecule has 0 radical (unpaired) electrons. The predicted octanol–water partition coefficient (Wildman–Crippen LogP) is 4.77. The third-order valence-corrected chi connectivity index (χ3v) is 5.44. The lowest BCUT2D eigenvalue weighted by Crippen LogP contribution is -2.48. The molecule has 3 aromatic carbocycles. The van der Waals surface area contributed by atoms with Crippen LogP contribution in [0.3, 0.4) is 0 Å². The average Bonchev–Trinajstić information content (AvgIpc) is 2.84. The number of rotatable bonds is 9. The Morgan fingerprint density at radius 3 is 1.76 bits per heavy atom. The molecule has 0 aliphatic rings. The van der Waals surface area contributed by atoms with Crippen molar-refractivity contribution in [3.63, 3.8) is 0 Å². The molecule has 0 saturated carbocycles. The molecule has 0 saturated heterocycles. The molecule has 0 aromatic heterocycles. The maximum atomic E-state index is 13.5. The van der Waals surface area contributed by atoms with Crippen LogP contribution in [0.1, 0.15) is 48.2 Å².